The summed E-state index contributed by atoms with van der Waals surface area (Å²) >= 11 is 0. The van der Waals surface area contributed by atoms with E-state index in [1.165, 1.54) is 5.56 Å². The fourth-order valence-corrected chi connectivity index (χ4v) is 3.85. The molecular formula is C25H30N2O4. The molecule has 0 spiro atoms. The lowest BCUT2D eigenvalue weighted by Crippen LogP contribution is -2.48. The maximum Gasteiger partial charge on any atom is 0.289 e. The molecule has 0 saturated carbocycles. The van der Waals surface area contributed by atoms with Crippen LogP contribution in [0.15, 0.2) is 57.6 Å². The number of piperazine rings is 1. The second-order valence-electron chi connectivity index (χ2n) is 8.40. The van der Waals surface area contributed by atoms with Gasteiger partial charge in [0.05, 0.1) is 12.8 Å². The fraction of sp³-hybridized carbons (Fsp3) is 0.400. The minimum absolute atomic E-state index is 0.0673. The van der Waals surface area contributed by atoms with Crippen LogP contribution in [-0.2, 0) is 13.2 Å². The number of amides is 1. The molecule has 1 fully saturated rings. The van der Waals surface area contributed by atoms with Crippen molar-refractivity contribution in [2.45, 2.75) is 39.8 Å². The van der Waals surface area contributed by atoms with E-state index in [2.05, 4.69) is 37.8 Å². The molecule has 0 atom stereocenters. The van der Waals surface area contributed by atoms with Crippen LogP contribution in [0, 0.1) is 6.92 Å². The zero-order valence-corrected chi connectivity index (χ0v) is 18.5. The fourth-order valence-electron chi connectivity index (χ4n) is 3.85. The first-order valence-corrected chi connectivity index (χ1v) is 10.9. The lowest BCUT2D eigenvalue weighted by Gasteiger charge is -2.33. The van der Waals surface area contributed by atoms with Crippen molar-refractivity contribution in [3.63, 3.8) is 0 Å². The van der Waals surface area contributed by atoms with Crippen molar-refractivity contribution in [3.8, 4) is 5.75 Å². The first-order chi connectivity index (χ1) is 15.0. The van der Waals surface area contributed by atoms with Gasteiger partial charge in [0.15, 0.2) is 5.76 Å². The Morgan fingerprint density at radius 2 is 1.87 bits per heavy atom. The minimum atomic E-state index is -0.0673. The molecule has 1 saturated heterocycles. The second kappa shape index (κ2) is 9.43. The lowest BCUT2D eigenvalue weighted by atomic mass is 10.0. The number of carbonyl (C=O) groups excluding carboxylic acids is 1. The van der Waals surface area contributed by atoms with E-state index >= 15 is 0 Å². The number of nitrogens with zero attached hydrogens (tertiary/aromatic N) is 2. The molecule has 0 aliphatic carbocycles. The highest BCUT2D eigenvalue weighted by atomic mass is 16.5. The highest BCUT2D eigenvalue weighted by Crippen LogP contribution is 2.28. The SMILES string of the molecule is Cc1ccc(C(C)C)c(OCc2ccc(C(=O)N3CCN(Cc4ccco4)CC3)o2)c1. The zero-order chi connectivity index (χ0) is 21.8. The average Bonchev–Trinajstić information content (AvgIpc) is 3.44. The molecule has 0 unspecified atom stereocenters. The third-order valence-corrected chi connectivity index (χ3v) is 5.65. The van der Waals surface area contributed by atoms with Crippen molar-refractivity contribution in [1.82, 2.24) is 9.80 Å². The Bertz CT molecular complexity index is 998. The highest BCUT2D eigenvalue weighted by Gasteiger charge is 2.24. The van der Waals surface area contributed by atoms with Gasteiger partial charge in [0.1, 0.15) is 23.9 Å². The molecule has 4 rings (SSSR count). The molecule has 3 aromatic rings. The molecule has 1 aromatic carbocycles. The Labute approximate surface area is 183 Å². The van der Waals surface area contributed by atoms with Crippen LogP contribution < -0.4 is 4.74 Å². The highest BCUT2D eigenvalue weighted by molar-refractivity contribution is 5.91. The van der Waals surface area contributed by atoms with Crippen molar-refractivity contribution < 1.29 is 18.4 Å². The van der Waals surface area contributed by atoms with E-state index in [0.29, 0.717) is 37.1 Å². The van der Waals surface area contributed by atoms with Crippen molar-refractivity contribution in [3.05, 3.63) is 77.1 Å². The van der Waals surface area contributed by atoms with Crippen LogP contribution in [0.25, 0.3) is 0 Å². The van der Waals surface area contributed by atoms with Crippen LogP contribution in [0.5, 0.6) is 5.75 Å². The molecule has 0 N–H and O–H groups in total. The zero-order valence-electron chi connectivity index (χ0n) is 18.5. The Morgan fingerprint density at radius 1 is 1.06 bits per heavy atom. The predicted octanol–water partition coefficient (Wildman–Crippen LogP) is 4.84. The Kier molecular flexibility index (Phi) is 6.47. The summed E-state index contributed by atoms with van der Waals surface area (Å²) in [7, 11) is 0. The van der Waals surface area contributed by atoms with Gasteiger partial charge in [-0.25, -0.2) is 0 Å². The van der Waals surface area contributed by atoms with Gasteiger partial charge in [-0.3, -0.25) is 9.69 Å². The van der Waals surface area contributed by atoms with Gasteiger partial charge in [0, 0.05) is 26.2 Å². The number of furan rings is 2. The molecule has 6 heteroatoms. The third-order valence-electron chi connectivity index (χ3n) is 5.65. The number of rotatable bonds is 7. The Morgan fingerprint density at radius 3 is 2.58 bits per heavy atom. The quantitative estimate of drug-likeness (QED) is 0.545. The number of hydrogen-bond acceptors (Lipinski definition) is 5. The summed E-state index contributed by atoms with van der Waals surface area (Å²) in [4.78, 5) is 17.0. The molecule has 2 aromatic heterocycles. The molecular weight excluding hydrogens is 392 g/mol. The van der Waals surface area contributed by atoms with Gasteiger partial charge in [-0.05, 0) is 54.3 Å². The summed E-state index contributed by atoms with van der Waals surface area (Å²) in [5, 5.41) is 0. The normalized spacial score (nSPS) is 14.9. The summed E-state index contributed by atoms with van der Waals surface area (Å²) in [5.74, 6) is 3.14. The molecule has 1 amide bonds. The largest absolute Gasteiger partial charge is 0.485 e. The second-order valence-corrected chi connectivity index (χ2v) is 8.40. The van der Waals surface area contributed by atoms with Gasteiger partial charge in [0.25, 0.3) is 5.91 Å². The number of carbonyl (C=O) groups is 1. The first-order valence-electron chi connectivity index (χ1n) is 10.9. The van der Waals surface area contributed by atoms with E-state index in [1.54, 1.807) is 12.3 Å². The molecule has 1 aliphatic heterocycles. The summed E-state index contributed by atoms with van der Waals surface area (Å²) in [6.07, 6.45) is 1.69. The molecule has 6 nitrogen and oxygen atoms in total. The Balaban J connectivity index is 1.32. The molecule has 0 bridgehead atoms. The minimum Gasteiger partial charge on any atom is -0.485 e. The van der Waals surface area contributed by atoms with E-state index in [9.17, 15) is 4.79 Å². The van der Waals surface area contributed by atoms with Gasteiger partial charge < -0.3 is 18.5 Å². The molecule has 31 heavy (non-hydrogen) atoms. The third kappa shape index (κ3) is 5.20. The van der Waals surface area contributed by atoms with Crippen LogP contribution in [-0.4, -0.2) is 41.9 Å². The van der Waals surface area contributed by atoms with E-state index in [0.717, 1.165) is 36.7 Å². The summed E-state index contributed by atoms with van der Waals surface area (Å²) < 4.78 is 17.3. The van der Waals surface area contributed by atoms with Crippen molar-refractivity contribution in [2.75, 3.05) is 26.2 Å². The molecule has 0 radical (unpaired) electrons. The standard InChI is InChI=1S/C25H30N2O4/c1-18(2)22-8-6-19(3)15-24(22)30-17-21-7-9-23(31-21)25(28)27-12-10-26(11-13-27)16-20-5-4-14-29-20/h4-9,14-15,18H,10-13,16-17H2,1-3H3. The maximum absolute atomic E-state index is 12.9. The van der Waals surface area contributed by atoms with Crippen molar-refractivity contribution in [2.24, 2.45) is 0 Å². The monoisotopic (exact) mass is 422 g/mol. The topological polar surface area (TPSA) is 59.1 Å². The number of benzene rings is 1. The van der Waals surface area contributed by atoms with Crippen LogP contribution >= 0.6 is 0 Å². The van der Waals surface area contributed by atoms with Gasteiger partial charge in [-0.15, -0.1) is 0 Å². The average molecular weight is 423 g/mol. The van der Waals surface area contributed by atoms with Crippen LogP contribution in [0.3, 0.4) is 0 Å². The lowest BCUT2D eigenvalue weighted by molar-refractivity contribution is 0.0586. The molecule has 3 heterocycles. The Hall–Kier alpha value is -2.99. The van der Waals surface area contributed by atoms with Gasteiger partial charge in [-0.1, -0.05) is 26.0 Å². The molecule has 1 aliphatic rings. The van der Waals surface area contributed by atoms with E-state index < -0.39 is 0 Å². The summed E-state index contributed by atoms with van der Waals surface area (Å²) in [6, 6.07) is 13.7. The van der Waals surface area contributed by atoms with Gasteiger partial charge >= 0.3 is 0 Å². The number of aryl methyl sites for hydroxylation is 1. The van der Waals surface area contributed by atoms with E-state index in [-0.39, 0.29) is 5.91 Å². The summed E-state index contributed by atoms with van der Waals surface area (Å²) in [6.45, 7) is 10.4. The van der Waals surface area contributed by atoms with E-state index in [4.69, 9.17) is 13.6 Å². The summed E-state index contributed by atoms with van der Waals surface area (Å²) in [5.41, 5.74) is 2.32. The van der Waals surface area contributed by atoms with Gasteiger partial charge in [-0.2, -0.15) is 0 Å². The number of hydrogen-bond donors (Lipinski definition) is 0. The van der Waals surface area contributed by atoms with Crippen molar-refractivity contribution in [1.29, 1.82) is 0 Å². The van der Waals surface area contributed by atoms with Crippen molar-refractivity contribution >= 4 is 5.91 Å². The van der Waals surface area contributed by atoms with Crippen LogP contribution in [0.4, 0.5) is 0 Å². The maximum atomic E-state index is 12.9. The predicted molar refractivity (Wildman–Crippen MR) is 118 cm³/mol. The smallest absolute Gasteiger partial charge is 0.289 e. The van der Waals surface area contributed by atoms with E-state index in [1.807, 2.05) is 29.2 Å². The number of ether oxygens (including phenoxy) is 1. The first kappa shape index (κ1) is 21.2. The van der Waals surface area contributed by atoms with Gasteiger partial charge in [0.2, 0.25) is 0 Å². The molecule has 164 valence electrons. The van der Waals surface area contributed by atoms with Crippen LogP contribution in [0.2, 0.25) is 0 Å². The van der Waals surface area contributed by atoms with Crippen LogP contribution in [0.1, 0.15) is 53.0 Å².